The van der Waals surface area contributed by atoms with Crippen molar-refractivity contribution < 1.29 is 80.2 Å². The second kappa shape index (κ2) is 61.4. The van der Waals surface area contributed by atoms with Gasteiger partial charge >= 0.3 is 39.5 Å². The summed E-state index contributed by atoms with van der Waals surface area (Å²) in [6, 6.07) is 0. The van der Waals surface area contributed by atoms with Crippen molar-refractivity contribution in [2.75, 3.05) is 39.6 Å². The van der Waals surface area contributed by atoms with E-state index in [0.717, 1.165) is 121 Å². The average molecular weight is 1320 g/mol. The van der Waals surface area contributed by atoms with E-state index in [1.54, 1.807) is 0 Å². The van der Waals surface area contributed by atoms with Gasteiger partial charge in [0.2, 0.25) is 0 Å². The van der Waals surface area contributed by atoms with Crippen molar-refractivity contribution in [1.29, 1.82) is 0 Å². The molecule has 17 nitrogen and oxygen atoms in total. The lowest BCUT2D eigenvalue weighted by Gasteiger charge is -2.21. The van der Waals surface area contributed by atoms with Crippen molar-refractivity contribution in [2.24, 2.45) is 17.8 Å². The Kier molecular flexibility index (Phi) is 59.7. The molecule has 0 fully saturated rings. The molecular formula is C71H134O17P2. The number of esters is 4. The lowest BCUT2D eigenvalue weighted by Crippen LogP contribution is -2.30. The van der Waals surface area contributed by atoms with Gasteiger partial charge in [-0.2, -0.15) is 0 Å². The highest BCUT2D eigenvalue weighted by Gasteiger charge is 2.30. The number of rotatable bonds is 67. The maximum atomic E-state index is 13.0. The Balaban J connectivity index is 5.26. The van der Waals surface area contributed by atoms with Gasteiger partial charge < -0.3 is 33.8 Å². The van der Waals surface area contributed by atoms with Crippen LogP contribution in [0.4, 0.5) is 0 Å². The van der Waals surface area contributed by atoms with Gasteiger partial charge in [0.15, 0.2) is 12.2 Å². The number of ether oxygens (including phenoxy) is 4. The summed E-state index contributed by atoms with van der Waals surface area (Å²) in [7, 11) is -9.91. The number of aliphatic hydroxyl groups excluding tert-OH is 1. The van der Waals surface area contributed by atoms with Crippen molar-refractivity contribution in [1.82, 2.24) is 0 Å². The van der Waals surface area contributed by atoms with Crippen LogP contribution < -0.4 is 0 Å². The molecule has 530 valence electrons. The van der Waals surface area contributed by atoms with Crippen LogP contribution in [-0.4, -0.2) is 96.7 Å². The van der Waals surface area contributed by atoms with E-state index < -0.39 is 97.5 Å². The molecule has 0 bridgehead atoms. The van der Waals surface area contributed by atoms with Crippen LogP contribution in [0.3, 0.4) is 0 Å². The fraction of sp³-hybridized carbons (Fsp3) is 0.887. The van der Waals surface area contributed by atoms with Gasteiger partial charge in [0.1, 0.15) is 19.3 Å². The van der Waals surface area contributed by atoms with Crippen LogP contribution in [0, 0.1) is 17.8 Å². The number of phosphoric acid groups is 2. The molecule has 0 heterocycles. The summed E-state index contributed by atoms with van der Waals surface area (Å²) in [6.45, 7) is 11.7. The quantitative estimate of drug-likeness (QED) is 0.0169. The summed E-state index contributed by atoms with van der Waals surface area (Å²) in [6.07, 6.45) is 48.1. The van der Waals surface area contributed by atoms with E-state index in [1.165, 1.54) is 122 Å². The van der Waals surface area contributed by atoms with Gasteiger partial charge in [-0.25, -0.2) is 9.13 Å². The van der Waals surface area contributed by atoms with E-state index in [2.05, 4.69) is 72.8 Å². The molecule has 19 heteroatoms. The monoisotopic (exact) mass is 1320 g/mol. The predicted octanol–water partition coefficient (Wildman–Crippen LogP) is 19.8. The molecule has 0 spiro atoms. The molecular weight excluding hydrogens is 1190 g/mol. The van der Waals surface area contributed by atoms with E-state index >= 15 is 0 Å². The number of hydrogen-bond acceptors (Lipinski definition) is 15. The topological polar surface area (TPSA) is 237 Å². The van der Waals surface area contributed by atoms with E-state index in [1.807, 2.05) is 0 Å². The minimum Gasteiger partial charge on any atom is -0.462 e. The molecule has 0 aromatic heterocycles. The third-order valence-electron chi connectivity index (χ3n) is 16.1. The van der Waals surface area contributed by atoms with Crippen LogP contribution in [0.15, 0.2) is 24.3 Å². The molecule has 0 aliphatic carbocycles. The zero-order chi connectivity index (χ0) is 66.6. The number of carbonyl (C=O) groups is 4. The fourth-order valence-corrected chi connectivity index (χ4v) is 11.7. The van der Waals surface area contributed by atoms with E-state index in [9.17, 15) is 43.2 Å². The Morgan fingerprint density at radius 2 is 0.656 bits per heavy atom. The largest absolute Gasteiger partial charge is 0.472 e. The summed E-state index contributed by atoms with van der Waals surface area (Å²) in [5, 5.41) is 10.6. The van der Waals surface area contributed by atoms with Gasteiger partial charge in [-0.05, 0) is 69.1 Å². The smallest absolute Gasteiger partial charge is 0.462 e. The fourth-order valence-electron chi connectivity index (χ4n) is 10.1. The van der Waals surface area contributed by atoms with E-state index in [-0.39, 0.29) is 25.7 Å². The van der Waals surface area contributed by atoms with Gasteiger partial charge in [-0.15, -0.1) is 0 Å². The Hall–Kier alpha value is -2.46. The van der Waals surface area contributed by atoms with Crippen LogP contribution in [-0.2, 0) is 65.4 Å². The lowest BCUT2D eigenvalue weighted by atomic mass is 10.00. The number of unbranched alkanes of at least 4 members (excludes halogenated alkanes) is 31. The highest BCUT2D eigenvalue weighted by Crippen LogP contribution is 2.45. The first-order valence-corrected chi connectivity index (χ1v) is 39.2. The zero-order valence-corrected chi connectivity index (χ0v) is 59.9. The summed E-state index contributed by atoms with van der Waals surface area (Å²) in [4.78, 5) is 72.5. The first-order valence-electron chi connectivity index (χ1n) is 36.2. The Morgan fingerprint density at radius 1 is 0.367 bits per heavy atom. The second-order valence-electron chi connectivity index (χ2n) is 26.1. The second-order valence-corrected chi connectivity index (χ2v) is 29.0. The molecule has 0 aromatic carbocycles. The standard InChI is InChI=1S/C71H134O17P2/c1-8-10-11-12-13-14-15-16-17-18-23-26-31-40-47-54-70(75)87-67(59-82-69(74)53-46-39-34-33-37-44-51-64(7)9-2)61-86-90(79,80)84-57-65(72)56-83-89(77,78)85-60-66(88-71(76)55-48-41-32-27-29-36-43-50-63(5)6)58-81-68(73)52-45-38-30-25-22-20-19-21-24-28-35-42-49-62(3)4/h14-17,62-67,72H,8-13,18-61H2,1-7H3,(H,77,78)(H,79,80)/b15-14-,17-16-/t64?,65-,66-,67-/m1/s1. The van der Waals surface area contributed by atoms with Crippen molar-refractivity contribution in [2.45, 2.75) is 349 Å². The summed E-state index contributed by atoms with van der Waals surface area (Å²) >= 11 is 0. The summed E-state index contributed by atoms with van der Waals surface area (Å²) < 4.78 is 68.2. The van der Waals surface area contributed by atoms with Gasteiger partial charge in [0.05, 0.1) is 26.4 Å². The van der Waals surface area contributed by atoms with Crippen molar-refractivity contribution in [3.8, 4) is 0 Å². The van der Waals surface area contributed by atoms with Crippen LogP contribution in [0.5, 0.6) is 0 Å². The normalized spacial score (nSPS) is 14.7. The van der Waals surface area contributed by atoms with E-state index in [0.29, 0.717) is 31.6 Å². The van der Waals surface area contributed by atoms with Crippen LogP contribution in [0.2, 0.25) is 0 Å². The summed E-state index contributed by atoms with van der Waals surface area (Å²) in [5.41, 5.74) is 0. The van der Waals surface area contributed by atoms with Crippen LogP contribution in [0.1, 0.15) is 331 Å². The average Bonchev–Trinajstić information content (AvgIpc) is 2.45. The number of allylic oxidation sites excluding steroid dienone is 4. The molecule has 0 rings (SSSR count). The van der Waals surface area contributed by atoms with Crippen molar-refractivity contribution >= 4 is 39.5 Å². The molecule has 3 N–H and O–H groups in total. The molecule has 0 saturated heterocycles. The van der Waals surface area contributed by atoms with Gasteiger partial charge in [0, 0.05) is 25.7 Å². The predicted molar refractivity (Wildman–Crippen MR) is 363 cm³/mol. The molecule has 0 saturated carbocycles. The maximum absolute atomic E-state index is 13.0. The minimum atomic E-state index is -4.96. The first kappa shape index (κ1) is 87.5. The summed E-state index contributed by atoms with van der Waals surface area (Å²) in [5.74, 6) is 0.0426. The Bertz CT molecular complexity index is 1860. The number of carbonyl (C=O) groups excluding carboxylic acids is 4. The van der Waals surface area contributed by atoms with Crippen LogP contribution in [0.25, 0.3) is 0 Å². The molecule has 3 unspecified atom stereocenters. The number of aliphatic hydroxyl groups is 1. The Morgan fingerprint density at radius 3 is 0.989 bits per heavy atom. The Labute approximate surface area is 548 Å². The maximum Gasteiger partial charge on any atom is 0.472 e. The van der Waals surface area contributed by atoms with Crippen molar-refractivity contribution in [3.63, 3.8) is 0 Å². The first-order chi connectivity index (χ1) is 43.3. The third kappa shape index (κ3) is 63.0. The molecule has 6 atom stereocenters. The number of hydrogen-bond donors (Lipinski definition) is 3. The molecule has 0 radical (unpaired) electrons. The van der Waals surface area contributed by atoms with Gasteiger partial charge in [-0.1, -0.05) is 278 Å². The highest BCUT2D eigenvalue weighted by molar-refractivity contribution is 7.47. The van der Waals surface area contributed by atoms with Crippen molar-refractivity contribution in [3.05, 3.63) is 24.3 Å². The van der Waals surface area contributed by atoms with E-state index in [4.69, 9.17) is 37.0 Å². The van der Waals surface area contributed by atoms with Gasteiger partial charge in [-0.3, -0.25) is 37.3 Å². The molecule has 90 heavy (non-hydrogen) atoms. The van der Waals surface area contributed by atoms with Gasteiger partial charge in [0.25, 0.3) is 0 Å². The highest BCUT2D eigenvalue weighted by atomic mass is 31.2. The molecule has 0 aromatic rings. The van der Waals surface area contributed by atoms with Crippen LogP contribution >= 0.6 is 15.6 Å². The minimum absolute atomic E-state index is 0.0836. The zero-order valence-electron chi connectivity index (χ0n) is 58.1. The molecule has 0 aliphatic rings. The lowest BCUT2D eigenvalue weighted by molar-refractivity contribution is -0.161. The third-order valence-corrected chi connectivity index (χ3v) is 18.0. The molecule has 0 amide bonds. The SMILES string of the molecule is CCCCCC/C=C\C=C/CCCCCCCC(=O)O[C@H](COC(=O)CCCCCCCCC(C)CC)COP(=O)(O)OC[C@H](O)COP(=O)(O)OC[C@@H](COC(=O)CCCCCCCCCCCCCCC(C)C)OC(=O)CCCCCCCCCC(C)C. The molecule has 0 aliphatic heterocycles. The number of phosphoric ester groups is 2.